The highest BCUT2D eigenvalue weighted by atomic mass is 16.4. The average molecular weight is 239 g/mol. The fourth-order valence-corrected chi connectivity index (χ4v) is 1.65. The minimum atomic E-state index is -0.431. The largest absolute Gasteiger partial charge is 0.421 e. The molecule has 0 unspecified atom stereocenters. The maximum absolute atomic E-state index is 11.8. The van der Waals surface area contributed by atoms with E-state index in [1.165, 1.54) is 6.20 Å². The molecule has 0 radical (unpaired) electrons. The fraction of sp³-hybridized carbons (Fsp3) is 0. The van der Waals surface area contributed by atoms with Crippen molar-refractivity contribution < 1.29 is 4.42 Å². The maximum atomic E-state index is 11.8. The van der Waals surface area contributed by atoms with E-state index in [1.54, 1.807) is 24.5 Å². The summed E-state index contributed by atoms with van der Waals surface area (Å²) in [6.45, 7) is 0. The van der Waals surface area contributed by atoms with Gasteiger partial charge in [-0.15, -0.1) is 0 Å². The van der Waals surface area contributed by atoms with Crippen LogP contribution >= 0.6 is 0 Å². The van der Waals surface area contributed by atoms with E-state index in [9.17, 15) is 4.79 Å². The van der Waals surface area contributed by atoms with Crippen molar-refractivity contribution in [3.05, 3.63) is 59.3 Å². The van der Waals surface area contributed by atoms with Crippen LogP contribution in [-0.4, -0.2) is 9.97 Å². The zero-order valence-corrected chi connectivity index (χ0v) is 9.33. The van der Waals surface area contributed by atoms with E-state index < -0.39 is 5.63 Å². The van der Waals surface area contributed by atoms with Crippen LogP contribution in [0.2, 0.25) is 0 Å². The molecule has 1 N–H and O–H groups in total. The molecule has 0 spiro atoms. The Kier molecular flexibility index (Phi) is 2.49. The summed E-state index contributed by atoms with van der Waals surface area (Å²) in [5.41, 5.74) is 0.473. The Morgan fingerprint density at radius 2 is 2.06 bits per heavy atom. The summed E-state index contributed by atoms with van der Waals surface area (Å²) in [5.74, 6) is 0.500. The third-order valence-electron chi connectivity index (χ3n) is 2.47. The van der Waals surface area contributed by atoms with Crippen molar-refractivity contribution in [2.75, 3.05) is 5.32 Å². The molecule has 1 aromatic carbocycles. The molecule has 0 aliphatic carbocycles. The number of hydrogen-bond donors (Lipinski definition) is 1. The molecule has 0 amide bonds. The first-order valence-electron chi connectivity index (χ1n) is 5.39. The van der Waals surface area contributed by atoms with E-state index in [0.29, 0.717) is 17.1 Å². The molecule has 0 fully saturated rings. The van der Waals surface area contributed by atoms with Crippen molar-refractivity contribution >= 4 is 22.5 Å². The molecule has 18 heavy (non-hydrogen) atoms. The third-order valence-corrected chi connectivity index (χ3v) is 2.47. The number of aromatic nitrogens is 2. The van der Waals surface area contributed by atoms with Gasteiger partial charge in [0.05, 0.1) is 6.20 Å². The standard InChI is InChI=1S/C13H9N3O2/c17-13-10(16-12-8-14-5-6-15-12)7-9-3-1-2-4-11(9)18-13/h1-8H,(H,15,16). The number of nitrogens with one attached hydrogen (secondary N) is 1. The minimum Gasteiger partial charge on any atom is -0.421 e. The predicted octanol–water partition coefficient (Wildman–Crippen LogP) is 2.33. The number of nitrogens with zero attached hydrogens (tertiary/aromatic N) is 2. The Morgan fingerprint density at radius 1 is 1.17 bits per heavy atom. The third kappa shape index (κ3) is 1.93. The molecule has 2 heterocycles. The Balaban J connectivity index is 2.07. The van der Waals surface area contributed by atoms with Crippen LogP contribution in [0.3, 0.4) is 0 Å². The molecule has 88 valence electrons. The number of fused-ring (bicyclic) bond motifs is 1. The molecule has 0 atom stereocenters. The van der Waals surface area contributed by atoms with Crippen molar-refractivity contribution in [2.24, 2.45) is 0 Å². The van der Waals surface area contributed by atoms with E-state index in [-0.39, 0.29) is 0 Å². The van der Waals surface area contributed by atoms with Crippen molar-refractivity contribution in [1.29, 1.82) is 0 Å². The lowest BCUT2D eigenvalue weighted by atomic mass is 10.2. The highest BCUT2D eigenvalue weighted by Crippen LogP contribution is 2.17. The molecule has 0 saturated carbocycles. The Hall–Kier alpha value is -2.69. The van der Waals surface area contributed by atoms with Gasteiger partial charge in [-0.25, -0.2) is 9.78 Å². The van der Waals surface area contributed by atoms with Gasteiger partial charge in [-0.3, -0.25) is 4.98 Å². The van der Waals surface area contributed by atoms with E-state index in [1.807, 2.05) is 18.2 Å². The van der Waals surface area contributed by atoms with Gasteiger partial charge < -0.3 is 9.73 Å². The molecule has 2 aromatic heterocycles. The molecule has 5 heteroatoms. The van der Waals surface area contributed by atoms with Crippen molar-refractivity contribution in [1.82, 2.24) is 9.97 Å². The van der Waals surface area contributed by atoms with Crippen molar-refractivity contribution in [3.63, 3.8) is 0 Å². The first-order valence-corrected chi connectivity index (χ1v) is 5.39. The first kappa shape index (κ1) is 10.5. The second kappa shape index (κ2) is 4.29. The molecule has 0 aliphatic rings. The lowest BCUT2D eigenvalue weighted by Crippen LogP contribution is -2.07. The van der Waals surface area contributed by atoms with Gasteiger partial charge in [-0.2, -0.15) is 0 Å². The smallest absolute Gasteiger partial charge is 0.360 e. The van der Waals surface area contributed by atoms with Crippen molar-refractivity contribution in [2.45, 2.75) is 0 Å². The van der Waals surface area contributed by atoms with Gasteiger partial charge in [0.15, 0.2) is 0 Å². The minimum absolute atomic E-state index is 0.342. The summed E-state index contributed by atoms with van der Waals surface area (Å²) in [5, 5.41) is 3.73. The number of hydrogen-bond acceptors (Lipinski definition) is 5. The van der Waals surface area contributed by atoms with Gasteiger partial charge in [0.25, 0.3) is 0 Å². The van der Waals surface area contributed by atoms with Crippen LogP contribution in [0, 0.1) is 0 Å². The highest BCUT2D eigenvalue weighted by Gasteiger charge is 2.05. The second-order valence-corrected chi connectivity index (χ2v) is 3.70. The van der Waals surface area contributed by atoms with Gasteiger partial charge in [0.1, 0.15) is 17.1 Å². The topological polar surface area (TPSA) is 68.0 Å². The van der Waals surface area contributed by atoms with Gasteiger partial charge in [0, 0.05) is 17.8 Å². The summed E-state index contributed by atoms with van der Waals surface area (Å²) >= 11 is 0. The number of anilines is 2. The van der Waals surface area contributed by atoms with Crippen LogP contribution in [0.1, 0.15) is 0 Å². The Morgan fingerprint density at radius 3 is 2.89 bits per heavy atom. The van der Waals surface area contributed by atoms with E-state index >= 15 is 0 Å². The van der Waals surface area contributed by atoms with Crippen LogP contribution in [0.15, 0.2) is 58.1 Å². The van der Waals surface area contributed by atoms with Gasteiger partial charge in [0.2, 0.25) is 0 Å². The van der Waals surface area contributed by atoms with Gasteiger partial charge >= 0.3 is 5.63 Å². The monoisotopic (exact) mass is 239 g/mol. The fourth-order valence-electron chi connectivity index (χ4n) is 1.65. The van der Waals surface area contributed by atoms with Crippen LogP contribution < -0.4 is 10.9 Å². The Labute approximate surface area is 102 Å². The molecule has 5 nitrogen and oxygen atoms in total. The zero-order valence-electron chi connectivity index (χ0n) is 9.33. The normalized spacial score (nSPS) is 10.4. The summed E-state index contributed by atoms with van der Waals surface area (Å²) in [6, 6.07) is 9.06. The number of para-hydroxylation sites is 1. The van der Waals surface area contributed by atoms with Crippen LogP contribution in [0.4, 0.5) is 11.5 Å². The lowest BCUT2D eigenvalue weighted by molar-refractivity contribution is 0.564. The molecular weight excluding hydrogens is 230 g/mol. The lowest BCUT2D eigenvalue weighted by Gasteiger charge is -2.04. The van der Waals surface area contributed by atoms with E-state index in [0.717, 1.165) is 5.39 Å². The molecule has 0 saturated heterocycles. The summed E-state index contributed by atoms with van der Waals surface area (Å²) in [7, 11) is 0. The van der Waals surface area contributed by atoms with Crippen LogP contribution in [0.25, 0.3) is 11.0 Å². The summed E-state index contributed by atoms with van der Waals surface area (Å²) < 4.78 is 5.20. The molecule has 3 aromatic rings. The molecule has 3 rings (SSSR count). The SMILES string of the molecule is O=c1oc2ccccc2cc1Nc1cnccn1. The maximum Gasteiger partial charge on any atom is 0.360 e. The zero-order chi connectivity index (χ0) is 12.4. The molecular formula is C13H9N3O2. The van der Waals surface area contributed by atoms with Crippen molar-refractivity contribution in [3.8, 4) is 0 Å². The van der Waals surface area contributed by atoms with Gasteiger partial charge in [-0.05, 0) is 12.1 Å². The predicted molar refractivity (Wildman–Crippen MR) is 67.8 cm³/mol. The van der Waals surface area contributed by atoms with Gasteiger partial charge in [-0.1, -0.05) is 18.2 Å². The van der Waals surface area contributed by atoms with Crippen LogP contribution in [-0.2, 0) is 0 Å². The Bertz CT molecular complexity index is 738. The molecule has 0 aliphatic heterocycles. The van der Waals surface area contributed by atoms with E-state index in [2.05, 4.69) is 15.3 Å². The summed E-state index contributed by atoms with van der Waals surface area (Å²) in [6.07, 6.45) is 4.65. The second-order valence-electron chi connectivity index (χ2n) is 3.70. The first-order chi connectivity index (χ1) is 8.83. The quantitative estimate of drug-likeness (QED) is 0.695. The van der Waals surface area contributed by atoms with Crippen LogP contribution in [0.5, 0.6) is 0 Å². The number of rotatable bonds is 2. The van der Waals surface area contributed by atoms with E-state index in [4.69, 9.17) is 4.42 Å². The average Bonchev–Trinajstić information content (AvgIpc) is 2.41. The summed E-state index contributed by atoms with van der Waals surface area (Å²) in [4.78, 5) is 19.7. The number of benzene rings is 1. The highest BCUT2D eigenvalue weighted by molar-refractivity contribution is 5.80. The molecule has 0 bridgehead atoms.